The molecule has 14 N–H and O–H groups in total. The molecule has 38 heteroatoms. The van der Waals surface area contributed by atoms with E-state index < -0.39 is 167 Å². The van der Waals surface area contributed by atoms with Crippen molar-refractivity contribution in [3.8, 4) is 0 Å². The van der Waals surface area contributed by atoms with Crippen LogP contribution in [0.4, 0.5) is 20.1 Å². The number of nitrogens with zero attached hydrogens (tertiary/aromatic N) is 2. The van der Waals surface area contributed by atoms with Gasteiger partial charge in [0.2, 0.25) is 35.4 Å². The van der Waals surface area contributed by atoms with Gasteiger partial charge >= 0.3 is 45.8 Å². The molecule has 112 heavy (non-hydrogen) atoms. The van der Waals surface area contributed by atoms with E-state index in [4.69, 9.17) is 51.1 Å². The molecule has 1 aliphatic heterocycles. The van der Waals surface area contributed by atoms with Crippen molar-refractivity contribution in [2.45, 2.75) is 221 Å². The van der Waals surface area contributed by atoms with Crippen LogP contribution < -0.4 is 54.0 Å². The number of carbonyl (C=O) groups excluding carboxylic acids is 12. The maximum atomic E-state index is 14.4. The summed E-state index contributed by atoms with van der Waals surface area (Å²) in [6.07, 6.45) is -0.0914. The van der Waals surface area contributed by atoms with E-state index >= 15 is 0 Å². The lowest BCUT2D eigenvalue weighted by Gasteiger charge is -2.33. The molecule has 0 aliphatic carbocycles. The smallest absolute Gasteiger partial charge is 0.456 e. The molecule has 1 heterocycles. The van der Waals surface area contributed by atoms with Crippen molar-refractivity contribution >= 4 is 104 Å². The Morgan fingerprint density at radius 1 is 0.741 bits per heavy atom. The molecule has 2 unspecified atom stereocenters. The number of rotatable bonds is 35. The summed E-state index contributed by atoms with van der Waals surface area (Å²) in [5.74, 6) is -8.32. The van der Waals surface area contributed by atoms with Gasteiger partial charge in [-0.3, -0.25) is 42.6 Å². The van der Waals surface area contributed by atoms with Crippen molar-refractivity contribution in [3.63, 3.8) is 0 Å². The Morgan fingerprint density at radius 2 is 1.31 bits per heavy atom. The minimum absolute atomic E-state index is 0.0133. The zero-order chi connectivity index (χ0) is 84.2. The van der Waals surface area contributed by atoms with Crippen LogP contribution in [0.15, 0.2) is 71.8 Å². The van der Waals surface area contributed by atoms with Gasteiger partial charge in [-0.05, 0) is 151 Å². The third-order valence-corrected chi connectivity index (χ3v) is 21.2. The van der Waals surface area contributed by atoms with Crippen LogP contribution in [0.25, 0.3) is 0 Å². The number of unbranched alkanes of at least 4 members (excludes halogenated alkanes) is 4. The lowest BCUT2D eigenvalue weighted by Crippen LogP contribution is -2.57. The summed E-state index contributed by atoms with van der Waals surface area (Å²) in [6.45, 7) is 18.6. The van der Waals surface area contributed by atoms with Crippen molar-refractivity contribution in [2.75, 3.05) is 58.8 Å². The first-order valence-electron chi connectivity index (χ1n) is 37.5. The summed E-state index contributed by atoms with van der Waals surface area (Å²) in [7, 11) is -7.52. The Balaban J connectivity index is 1.63. The molecule has 11 amide bonds. The number of esters is 2. The first-order valence-corrected chi connectivity index (χ1v) is 40.8. The number of cyclic esters (lactones) is 2. The van der Waals surface area contributed by atoms with Gasteiger partial charge in [-0.15, -0.1) is 0 Å². The number of phosphoric acid groups is 2. The standard InChI is InChI=1S/C74H117ClN12O23P2/c1-15-46(7)62-67(92)82-51(12)71(96)109-63(47(8)16-2)49(10)58(34-25-48(9)70(95)107-59(40-44(3)4)65(90)81-50(11)68(93)87(14)57(41-52-26-30-54(75)31-27-52)69(94)86(13)42-60(88)85-62)108-74(99)80-36-20-18-22-39-106-112(102,103)110-111(100,101)105-38-21-17-19-35-79-73(98)104-43-53-28-32-55(33-29-53)83-64(89)56(24-23-37-78-72(77)97)84-66(91)61(76)45(5)6/h16,25-33,44-46,49-51,56-59,61-63H,15,17-24,34-43,76H2,1-14H3,(H,79,98)(H,80,99)(H,81,90)(H,82,92)(H,83,89)(H,84,91)(H,85,88)(H,100,101)(H,102,103)(H3,77,78,97)/b47-16+,48-25-/t46-,49+,50+,51+,56-,57-,58+,59-,61-,62+,63-/m1/s1. The number of hydrogen-bond donors (Lipinski definition) is 12. The predicted molar refractivity (Wildman–Crippen MR) is 416 cm³/mol. The van der Waals surface area contributed by atoms with Crippen molar-refractivity contribution < 1.29 is 109 Å². The zero-order valence-corrected chi connectivity index (χ0v) is 69.0. The molecular weight excluding hydrogens is 1520 g/mol. The predicted octanol–water partition coefficient (Wildman–Crippen LogP) is 7.00. The van der Waals surface area contributed by atoms with Crippen LogP contribution in [0.5, 0.6) is 0 Å². The van der Waals surface area contributed by atoms with Gasteiger partial charge in [0.05, 0.1) is 25.8 Å². The first kappa shape index (κ1) is 97.7. The average molecular weight is 1640 g/mol. The molecular formula is C74H117ClN12O23P2. The molecule has 2 aromatic carbocycles. The summed E-state index contributed by atoms with van der Waals surface area (Å²) < 4.78 is 62.7. The highest BCUT2D eigenvalue weighted by molar-refractivity contribution is 7.61. The maximum absolute atomic E-state index is 14.4. The second kappa shape index (κ2) is 49.2. The Labute approximate surface area is 660 Å². The molecule has 13 atom stereocenters. The number of ether oxygens (including phenoxy) is 4. The maximum Gasteiger partial charge on any atom is 0.481 e. The molecule has 0 saturated heterocycles. The van der Waals surface area contributed by atoms with E-state index in [2.05, 4.69) is 46.8 Å². The summed E-state index contributed by atoms with van der Waals surface area (Å²) in [5, 5.41) is 21.4. The topological polar surface area (TPSA) is 499 Å². The van der Waals surface area contributed by atoms with E-state index in [1.54, 1.807) is 117 Å². The number of benzene rings is 2. The number of halogens is 1. The second-order valence-electron chi connectivity index (χ2n) is 28.4. The van der Waals surface area contributed by atoms with Crippen LogP contribution >= 0.6 is 27.2 Å². The SMILES string of the molecule is C/C=C(\C)[C@H]1OC(=O)[C@H](C)NC(=O)[C@H]([C@H](C)CC)NC(=O)CN(C)C(=O)[C@@H](Cc2ccc(Cl)cc2)N(C)C(=O)[C@H](C)NC(=O)[C@@H](CC(C)C)OC(=O)/C(C)=C\C[C@H](OC(=O)NCCCCCOP(=O)(O)OP(=O)(O)OCCCCCNC(=O)OCc2ccc(NC(=O)[C@@H](CCCNC(N)=O)NC(=O)[C@H](N)C(C)C)cc2)[C@@H]1C. The molecule has 0 fully saturated rings. The second-order valence-corrected chi connectivity index (χ2v) is 31.9. The highest BCUT2D eigenvalue weighted by Gasteiger charge is 2.39. The highest BCUT2D eigenvalue weighted by Crippen LogP contribution is 2.60. The Bertz CT molecular complexity index is 3630. The molecule has 0 radical (unpaired) electrons. The lowest BCUT2D eigenvalue weighted by atomic mass is 9.90. The number of nitrogens with one attached hydrogen (secondary N) is 8. The number of alkyl carbamates (subject to hydrolysis) is 2. The quantitative estimate of drug-likeness (QED) is 0.0109. The lowest BCUT2D eigenvalue weighted by molar-refractivity contribution is -0.155. The first-order chi connectivity index (χ1) is 52.6. The van der Waals surface area contributed by atoms with Crippen LogP contribution in [-0.2, 0) is 97.6 Å². The fourth-order valence-corrected chi connectivity index (χ4v) is 13.3. The van der Waals surface area contributed by atoms with Crippen LogP contribution in [0.3, 0.4) is 0 Å². The number of carbonyl (C=O) groups is 12. The van der Waals surface area contributed by atoms with Crippen molar-refractivity contribution in [3.05, 3.63) is 88.0 Å². The summed E-state index contributed by atoms with van der Waals surface area (Å²) in [4.78, 5) is 185. The van der Waals surface area contributed by atoms with E-state index in [0.717, 1.165) is 9.80 Å². The minimum atomic E-state index is -5.14. The number of amides is 11. The van der Waals surface area contributed by atoms with Gasteiger partial charge in [-0.1, -0.05) is 103 Å². The van der Waals surface area contributed by atoms with Gasteiger partial charge in [0.1, 0.15) is 49.0 Å². The number of urea groups is 1. The average Bonchev–Trinajstić information content (AvgIpc) is 0.830. The van der Waals surface area contributed by atoms with Crippen molar-refractivity contribution in [1.29, 1.82) is 0 Å². The number of phosphoric ester groups is 2. The monoisotopic (exact) mass is 1640 g/mol. The summed E-state index contributed by atoms with van der Waals surface area (Å²) in [5.41, 5.74) is 13.2. The summed E-state index contributed by atoms with van der Waals surface area (Å²) in [6, 6.07) is 5.35. The van der Waals surface area contributed by atoms with Gasteiger partial charge in [0.25, 0.3) is 5.91 Å². The molecule has 0 saturated carbocycles. The molecule has 0 aromatic heterocycles. The van der Waals surface area contributed by atoms with Gasteiger partial charge in [0.15, 0.2) is 6.10 Å². The largest absolute Gasteiger partial charge is 0.481 e. The fourth-order valence-electron chi connectivity index (χ4n) is 11.1. The van der Waals surface area contributed by atoms with Gasteiger partial charge in [-0.25, -0.2) is 33.1 Å². The van der Waals surface area contributed by atoms with E-state index in [1.807, 2.05) is 0 Å². The Kier molecular flexibility index (Phi) is 42.9. The van der Waals surface area contributed by atoms with Crippen molar-refractivity contribution in [2.24, 2.45) is 35.1 Å². The molecule has 1 aliphatic rings. The number of allylic oxidation sites excluding steroid dienone is 1. The van der Waals surface area contributed by atoms with Crippen molar-refractivity contribution in [1.82, 2.24) is 47.0 Å². The highest BCUT2D eigenvalue weighted by atomic mass is 35.5. The fraction of sp³-hybridized carbons (Fsp3) is 0.622. The van der Waals surface area contributed by atoms with Crippen LogP contribution in [-0.4, -0.2) is 199 Å². The number of likely N-dealkylation sites (N-methyl/N-ethyl adjacent to an activating group) is 2. The minimum Gasteiger partial charge on any atom is -0.456 e. The molecule has 2 aromatic rings. The molecule has 35 nitrogen and oxygen atoms in total. The van der Waals surface area contributed by atoms with Gasteiger partial charge < -0.3 is 92.5 Å². The number of hydrogen-bond acceptors (Lipinski definition) is 22. The number of primary amides is 1. The van der Waals surface area contributed by atoms with Crippen LogP contribution in [0.1, 0.15) is 165 Å². The molecule has 628 valence electrons. The summed E-state index contributed by atoms with van der Waals surface area (Å²) >= 11 is 6.17. The van der Waals surface area contributed by atoms with Crippen LogP contribution in [0.2, 0.25) is 5.02 Å². The molecule has 0 spiro atoms. The van der Waals surface area contributed by atoms with E-state index in [-0.39, 0.29) is 102 Å². The third-order valence-electron chi connectivity index (χ3n) is 18.2. The number of anilines is 1. The molecule has 0 bridgehead atoms. The number of nitrogens with two attached hydrogens (primary N) is 2. The van der Waals surface area contributed by atoms with E-state index in [1.165, 1.54) is 40.9 Å². The Hall–Kier alpha value is -8.53. The van der Waals surface area contributed by atoms with Crippen LogP contribution in [0, 0.1) is 23.7 Å². The normalized spacial score (nSPS) is 22.2. The zero-order valence-electron chi connectivity index (χ0n) is 66.5. The van der Waals surface area contributed by atoms with E-state index in [0.29, 0.717) is 53.1 Å². The van der Waals surface area contributed by atoms with E-state index in [9.17, 15) is 76.5 Å². The van der Waals surface area contributed by atoms with Gasteiger partial charge in [-0.2, -0.15) is 4.31 Å². The Morgan fingerprint density at radius 3 is 1.88 bits per heavy atom. The van der Waals surface area contributed by atoms with Gasteiger partial charge in [0, 0.05) is 68.8 Å². The third kappa shape index (κ3) is 36.1. The molecule has 3 rings (SSSR count).